The quantitative estimate of drug-likeness (QED) is 0.267. The summed E-state index contributed by atoms with van der Waals surface area (Å²) in [6.07, 6.45) is 1.00. The van der Waals surface area contributed by atoms with Crippen LogP contribution in [0, 0.1) is 11.8 Å². The van der Waals surface area contributed by atoms with Gasteiger partial charge in [-0.1, -0.05) is 78.3 Å². The number of carbonyl (C=O) groups excluding carboxylic acids is 1. The Bertz CT molecular complexity index is 1300. The highest BCUT2D eigenvalue weighted by Crippen LogP contribution is 2.26. The van der Waals surface area contributed by atoms with Crippen LogP contribution in [0.1, 0.15) is 21.5 Å². The molecule has 1 aliphatic rings. The minimum atomic E-state index is -0.00109. The molecule has 0 aromatic heterocycles. The Labute approximate surface area is 223 Å². The van der Waals surface area contributed by atoms with Crippen LogP contribution in [0.25, 0.3) is 0 Å². The molecule has 37 heavy (non-hydrogen) atoms. The Balaban J connectivity index is 1.36. The number of benzene rings is 4. The minimum absolute atomic E-state index is 0.00109. The number of ether oxygens (including phenoxy) is 1. The zero-order valence-electron chi connectivity index (χ0n) is 20.7. The van der Waals surface area contributed by atoms with Crippen molar-refractivity contribution in [3.63, 3.8) is 0 Å². The SMILES string of the molecule is O=C(c1cccc(Oc2ccccc2)c1)N(Cc1ccc(Cl)cc1)CC1CNCC1Cc1ccccc1. The Morgan fingerprint density at radius 1 is 0.784 bits per heavy atom. The predicted molar refractivity (Wildman–Crippen MR) is 149 cm³/mol. The van der Waals surface area contributed by atoms with E-state index in [4.69, 9.17) is 16.3 Å². The second-order valence-electron chi connectivity index (χ2n) is 9.62. The Morgan fingerprint density at radius 2 is 1.46 bits per heavy atom. The summed E-state index contributed by atoms with van der Waals surface area (Å²) in [7, 11) is 0. The molecule has 1 heterocycles. The number of rotatable bonds is 9. The third-order valence-corrected chi connectivity index (χ3v) is 7.16. The maximum Gasteiger partial charge on any atom is 0.254 e. The van der Waals surface area contributed by atoms with E-state index in [0.717, 1.165) is 30.8 Å². The standard InChI is InChI=1S/C32H31ClN2O2/c33-29-16-14-25(15-17-29)22-35(23-28-21-34-20-27(28)18-24-8-3-1-4-9-24)32(36)26-10-7-13-31(19-26)37-30-11-5-2-6-12-30/h1-17,19,27-28,34H,18,20-23H2. The molecule has 1 aliphatic heterocycles. The lowest BCUT2D eigenvalue weighted by molar-refractivity contribution is 0.0705. The summed E-state index contributed by atoms with van der Waals surface area (Å²) < 4.78 is 6.00. The van der Waals surface area contributed by atoms with Crippen molar-refractivity contribution in [2.45, 2.75) is 13.0 Å². The summed E-state index contributed by atoms with van der Waals surface area (Å²) in [6, 6.07) is 35.4. The van der Waals surface area contributed by atoms with Gasteiger partial charge in [0.15, 0.2) is 0 Å². The first-order chi connectivity index (χ1) is 18.1. The zero-order valence-corrected chi connectivity index (χ0v) is 21.5. The first-order valence-electron chi connectivity index (χ1n) is 12.8. The zero-order chi connectivity index (χ0) is 25.5. The summed E-state index contributed by atoms with van der Waals surface area (Å²) >= 11 is 6.12. The highest BCUT2D eigenvalue weighted by Gasteiger charge is 2.30. The van der Waals surface area contributed by atoms with Gasteiger partial charge in [-0.3, -0.25) is 4.79 Å². The molecule has 4 nitrogen and oxygen atoms in total. The van der Waals surface area contributed by atoms with Gasteiger partial charge < -0.3 is 15.0 Å². The van der Waals surface area contributed by atoms with Crippen molar-refractivity contribution in [3.8, 4) is 11.5 Å². The van der Waals surface area contributed by atoms with Gasteiger partial charge in [-0.2, -0.15) is 0 Å². The molecular weight excluding hydrogens is 480 g/mol. The number of hydrogen-bond donors (Lipinski definition) is 1. The van der Waals surface area contributed by atoms with E-state index in [0.29, 0.717) is 41.3 Å². The molecule has 188 valence electrons. The Kier molecular flexibility index (Phi) is 8.19. The minimum Gasteiger partial charge on any atom is -0.457 e. The van der Waals surface area contributed by atoms with Gasteiger partial charge >= 0.3 is 0 Å². The summed E-state index contributed by atoms with van der Waals surface area (Å²) in [5.74, 6) is 2.22. The molecular formula is C32H31ClN2O2. The van der Waals surface area contributed by atoms with Gasteiger partial charge in [-0.25, -0.2) is 0 Å². The van der Waals surface area contributed by atoms with Crippen molar-refractivity contribution < 1.29 is 9.53 Å². The summed E-state index contributed by atoms with van der Waals surface area (Å²) in [6.45, 7) is 3.06. The van der Waals surface area contributed by atoms with Crippen molar-refractivity contribution in [1.82, 2.24) is 10.2 Å². The van der Waals surface area contributed by atoms with Gasteiger partial charge in [0.25, 0.3) is 5.91 Å². The Hall–Kier alpha value is -3.60. The molecule has 0 radical (unpaired) electrons. The fourth-order valence-electron chi connectivity index (χ4n) is 4.97. The van der Waals surface area contributed by atoms with Crippen LogP contribution in [0.4, 0.5) is 0 Å². The van der Waals surface area contributed by atoms with E-state index in [1.54, 1.807) is 0 Å². The highest BCUT2D eigenvalue weighted by atomic mass is 35.5. The van der Waals surface area contributed by atoms with Crippen molar-refractivity contribution in [1.29, 1.82) is 0 Å². The van der Waals surface area contributed by atoms with E-state index in [1.807, 2.05) is 83.8 Å². The summed E-state index contributed by atoms with van der Waals surface area (Å²) in [4.78, 5) is 15.9. The van der Waals surface area contributed by atoms with Gasteiger partial charge in [0.05, 0.1) is 0 Å². The smallest absolute Gasteiger partial charge is 0.254 e. The average Bonchev–Trinajstić information content (AvgIpc) is 3.36. The van der Waals surface area contributed by atoms with Crippen LogP contribution in [0.3, 0.4) is 0 Å². The normalized spacial score (nSPS) is 16.9. The molecule has 0 aliphatic carbocycles. The second kappa shape index (κ2) is 12.1. The number of hydrogen-bond acceptors (Lipinski definition) is 3. The number of nitrogens with one attached hydrogen (secondary N) is 1. The first-order valence-corrected chi connectivity index (χ1v) is 13.1. The van der Waals surface area contributed by atoms with Crippen LogP contribution in [0.2, 0.25) is 5.02 Å². The molecule has 0 bridgehead atoms. The third-order valence-electron chi connectivity index (χ3n) is 6.91. The fourth-order valence-corrected chi connectivity index (χ4v) is 5.10. The molecule has 4 aromatic carbocycles. The largest absolute Gasteiger partial charge is 0.457 e. The summed E-state index contributed by atoms with van der Waals surface area (Å²) in [5, 5.41) is 4.25. The van der Waals surface area contributed by atoms with E-state index in [9.17, 15) is 4.79 Å². The van der Waals surface area contributed by atoms with Gasteiger partial charge in [-0.05, 0) is 84.9 Å². The topological polar surface area (TPSA) is 41.6 Å². The molecule has 4 aromatic rings. The molecule has 1 saturated heterocycles. The van der Waals surface area contributed by atoms with Crippen molar-refractivity contribution in [2.24, 2.45) is 11.8 Å². The molecule has 1 fully saturated rings. The van der Waals surface area contributed by atoms with E-state index >= 15 is 0 Å². The number of amides is 1. The van der Waals surface area contributed by atoms with Crippen LogP contribution in [0.15, 0.2) is 109 Å². The van der Waals surface area contributed by atoms with Crippen molar-refractivity contribution >= 4 is 17.5 Å². The van der Waals surface area contributed by atoms with Gasteiger partial charge in [0.1, 0.15) is 11.5 Å². The lowest BCUT2D eigenvalue weighted by Gasteiger charge is -2.29. The van der Waals surface area contributed by atoms with Crippen LogP contribution in [-0.4, -0.2) is 30.4 Å². The summed E-state index contributed by atoms with van der Waals surface area (Å²) in [5.41, 5.74) is 3.01. The van der Waals surface area contributed by atoms with Gasteiger partial charge in [0, 0.05) is 23.7 Å². The molecule has 2 unspecified atom stereocenters. The second-order valence-corrected chi connectivity index (χ2v) is 10.1. The number of nitrogens with zero attached hydrogens (tertiary/aromatic N) is 1. The molecule has 5 heteroatoms. The van der Waals surface area contributed by atoms with Crippen LogP contribution >= 0.6 is 11.6 Å². The van der Waals surface area contributed by atoms with Crippen molar-refractivity contribution in [3.05, 3.63) is 131 Å². The van der Waals surface area contributed by atoms with Crippen LogP contribution in [0.5, 0.6) is 11.5 Å². The van der Waals surface area contributed by atoms with Crippen molar-refractivity contribution in [2.75, 3.05) is 19.6 Å². The molecule has 0 saturated carbocycles. The lowest BCUT2D eigenvalue weighted by atomic mass is 9.89. The molecule has 1 N–H and O–H groups in total. The Morgan fingerprint density at radius 3 is 2.22 bits per heavy atom. The highest BCUT2D eigenvalue weighted by molar-refractivity contribution is 6.30. The first kappa shape index (κ1) is 25.1. The van der Waals surface area contributed by atoms with Gasteiger partial charge in [-0.15, -0.1) is 0 Å². The molecule has 2 atom stereocenters. The maximum absolute atomic E-state index is 13.9. The maximum atomic E-state index is 13.9. The monoisotopic (exact) mass is 510 g/mol. The third kappa shape index (κ3) is 6.79. The van der Waals surface area contributed by atoms with Crippen LogP contribution in [-0.2, 0) is 13.0 Å². The van der Waals surface area contributed by atoms with E-state index in [1.165, 1.54) is 5.56 Å². The number of carbonyl (C=O) groups is 1. The van der Waals surface area contributed by atoms with E-state index < -0.39 is 0 Å². The number of halogens is 1. The average molecular weight is 511 g/mol. The number of para-hydroxylation sites is 1. The van der Waals surface area contributed by atoms with E-state index in [-0.39, 0.29) is 5.91 Å². The fraction of sp³-hybridized carbons (Fsp3) is 0.219. The molecule has 1 amide bonds. The van der Waals surface area contributed by atoms with Gasteiger partial charge in [0.2, 0.25) is 0 Å². The molecule has 0 spiro atoms. The van der Waals surface area contributed by atoms with Crippen LogP contribution < -0.4 is 10.1 Å². The predicted octanol–water partition coefficient (Wildman–Crippen LogP) is 6.85. The lowest BCUT2D eigenvalue weighted by Crippen LogP contribution is -2.37. The van der Waals surface area contributed by atoms with E-state index in [2.05, 4.69) is 35.6 Å². The molecule has 5 rings (SSSR count).